The van der Waals surface area contributed by atoms with Gasteiger partial charge in [-0.2, -0.15) is 0 Å². The highest BCUT2D eigenvalue weighted by molar-refractivity contribution is 7.89. The molecule has 110 valence electrons. The summed E-state index contributed by atoms with van der Waals surface area (Å²) >= 11 is 0. The summed E-state index contributed by atoms with van der Waals surface area (Å²) in [5.41, 5.74) is 5.99. The van der Waals surface area contributed by atoms with E-state index in [-0.39, 0.29) is 17.9 Å². The molecule has 1 saturated carbocycles. The van der Waals surface area contributed by atoms with Crippen LogP contribution in [0, 0.1) is 11.8 Å². The number of hydrogen-bond acceptors (Lipinski definition) is 4. The average molecular weight is 288 g/mol. The molecule has 0 amide bonds. The van der Waals surface area contributed by atoms with Gasteiger partial charge in [-0.15, -0.1) is 0 Å². The van der Waals surface area contributed by atoms with Crippen LogP contribution in [-0.2, 0) is 14.8 Å². The summed E-state index contributed by atoms with van der Waals surface area (Å²) in [6, 6.07) is 0.266. The Morgan fingerprint density at radius 1 is 1.16 bits per heavy atom. The molecule has 0 radical (unpaired) electrons. The molecular weight excluding hydrogens is 264 g/mol. The molecule has 0 aromatic rings. The smallest absolute Gasteiger partial charge is 0.216 e. The lowest BCUT2D eigenvalue weighted by Crippen LogP contribution is -2.35. The van der Waals surface area contributed by atoms with Crippen LogP contribution in [-0.4, -0.2) is 50.3 Å². The molecule has 1 aliphatic carbocycles. The normalized spacial score (nSPS) is 40.5. The molecule has 2 N–H and O–H groups in total. The van der Waals surface area contributed by atoms with E-state index in [0.29, 0.717) is 31.5 Å². The summed E-state index contributed by atoms with van der Waals surface area (Å²) in [7, 11) is -3.15. The summed E-state index contributed by atoms with van der Waals surface area (Å²) in [6.07, 6.45) is 4.88. The second-order valence-corrected chi connectivity index (χ2v) is 8.34. The molecule has 2 saturated heterocycles. The van der Waals surface area contributed by atoms with E-state index < -0.39 is 10.0 Å². The van der Waals surface area contributed by atoms with Crippen molar-refractivity contribution in [2.75, 3.05) is 25.4 Å². The molecule has 0 bridgehead atoms. The minimum absolute atomic E-state index is 0.0881. The Kier molecular flexibility index (Phi) is 3.86. The summed E-state index contributed by atoms with van der Waals surface area (Å²) < 4.78 is 32.0. The van der Waals surface area contributed by atoms with Gasteiger partial charge < -0.3 is 10.5 Å². The highest BCUT2D eigenvalue weighted by Crippen LogP contribution is 2.37. The fourth-order valence-electron chi connectivity index (χ4n) is 3.77. The lowest BCUT2D eigenvalue weighted by Gasteiger charge is -2.28. The van der Waals surface area contributed by atoms with E-state index in [4.69, 9.17) is 10.5 Å². The Labute approximate surface area is 115 Å². The predicted molar refractivity (Wildman–Crippen MR) is 73.1 cm³/mol. The van der Waals surface area contributed by atoms with Crippen molar-refractivity contribution >= 4 is 10.0 Å². The van der Waals surface area contributed by atoms with Gasteiger partial charge >= 0.3 is 0 Å². The minimum Gasteiger partial charge on any atom is -0.377 e. The Morgan fingerprint density at radius 3 is 2.68 bits per heavy atom. The summed E-state index contributed by atoms with van der Waals surface area (Å²) in [4.78, 5) is 0. The number of ether oxygens (including phenoxy) is 1. The van der Waals surface area contributed by atoms with Gasteiger partial charge in [0.2, 0.25) is 10.0 Å². The van der Waals surface area contributed by atoms with Gasteiger partial charge in [-0.25, -0.2) is 12.7 Å². The first kappa shape index (κ1) is 13.8. The zero-order valence-corrected chi connectivity index (χ0v) is 12.1. The average Bonchev–Trinajstić information content (AvgIpc) is 2.96. The number of sulfonamides is 1. The van der Waals surface area contributed by atoms with E-state index in [2.05, 4.69) is 0 Å². The van der Waals surface area contributed by atoms with Crippen LogP contribution < -0.4 is 5.73 Å². The minimum atomic E-state index is -3.15. The molecule has 2 aliphatic heterocycles. The van der Waals surface area contributed by atoms with Crippen LogP contribution in [0.5, 0.6) is 0 Å². The number of fused-ring (bicyclic) bond motifs is 1. The molecule has 5 nitrogen and oxygen atoms in total. The number of nitrogens with zero attached hydrogens (tertiary/aromatic N) is 1. The fraction of sp³-hybridized carbons (Fsp3) is 1.00. The van der Waals surface area contributed by atoms with E-state index in [0.717, 1.165) is 32.1 Å². The second kappa shape index (κ2) is 5.31. The second-order valence-electron chi connectivity index (χ2n) is 6.32. The first-order chi connectivity index (χ1) is 9.04. The standard InChI is InChI=1S/C13H24N2O3S/c14-12-4-3-10-7-15(8-11(10)6-12)19(16,17)9-13-2-1-5-18-13/h10-13H,1-9,14H2/t10-,11+,12?,13?/m1/s1. The summed E-state index contributed by atoms with van der Waals surface area (Å²) in [6.45, 7) is 2.08. The fourth-order valence-corrected chi connectivity index (χ4v) is 5.55. The van der Waals surface area contributed by atoms with Gasteiger partial charge in [0.25, 0.3) is 0 Å². The van der Waals surface area contributed by atoms with E-state index >= 15 is 0 Å². The Bertz CT molecular complexity index is 420. The van der Waals surface area contributed by atoms with Crippen LogP contribution in [0.15, 0.2) is 0 Å². The zero-order chi connectivity index (χ0) is 13.5. The van der Waals surface area contributed by atoms with Gasteiger partial charge in [-0.1, -0.05) is 0 Å². The maximum atomic E-state index is 12.4. The SMILES string of the molecule is NC1CC[C@@H]2CN(S(=O)(=O)CC3CCCO3)C[C@@H]2C1. The molecule has 4 atom stereocenters. The first-order valence-corrected chi connectivity index (χ1v) is 9.00. The van der Waals surface area contributed by atoms with Crippen LogP contribution in [0.1, 0.15) is 32.1 Å². The van der Waals surface area contributed by atoms with Gasteiger partial charge in [-0.05, 0) is 43.9 Å². The van der Waals surface area contributed by atoms with Gasteiger partial charge in [-0.3, -0.25) is 0 Å². The lowest BCUT2D eigenvalue weighted by atomic mass is 9.79. The van der Waals surface area contributed by atoms with Crippen LogP contribution in [0.3, 0.4) is 0 Å². The van der Waals surface area contributed by atoms with Crippen molar-refractivity contribution in [3.05, 3.63) is 0 Å². The summed E-state index contributed by atoms with van der Waals surface area (Å²) in [5.74, 6) is 1.17. The molecule has 3 aliphatic rings. The monoisotopic (exact) mass is 288 g/mol. The third kappa shape index (κ3) is 2.96. The van der Waals surface area contributed by atoms with Crippen LogP contribution in [0.25, 0.3) is 0 Å². The molecule has 0 aromatic carbocycles. The topological polar surface area (TPSA) is 72.6 Å². The third-order valence-corrected chi connectivity index (χ3v) is 6.75. The summed E-state index contributed by atoms with van der Waals surface area (Å²) in [5, 5.41) is 0. The maximum absolute atomic E-state index is 12.4. The van der Waals surface area contributed by atoms with Crippen molar-refractivity contribution in [2.45, 2.75) is 44.2 Å². The van der Waals surface area contributed by atoms with E-state index in [1.807, 2.05) is 0 Å². The molecule has 3 fully saturated rings. The van der Waals surface area contributed by atoms with Crippen LogP contribution >= 0.6 is 0 Å². The van der Waals surface area contributed by atoms with Crippen molar-refractivity contribution in [1.82, 2.24) is 4.31 Å². The Morgan fingerprint density at radius 2 is 1.95 bits per heavy atom. The molecule has 0 spiro atoms. The number of nitrogens with two attached hydrogens (primary N) is 1. The molecular formula is C13H24N2O3S. The highest BCUT2D eigenvalue weighted by Gasteiger charge is 2.41. The molecule has 19 heavy (non-hydrogen) atoms. The van der Waals surface area contributed by atoms with Crippen molar-refractivity contribution < 1.29 is 13.2 Å². The van der Waals surface area contributed by atoms with Gasteiger partial charge in [0, 0.05) is 25.7 Å². The Balaban J connectivity index is 1.62. The van der Waals surface area contributed by atoms with Crippen molar-refractivity contribution in [3.8, 4) is 0 Å². The van der Waals surface area contributed by atoms with Crippen molar-refractivity contribution in [1.29, 1.82) is 0 Å². The predicted octanol–water partition coefficient (Wildman–Crippen LogP) is 0.554. The largest absolute Gasteiger partial charge is 0.377 e. The van der Waals surface area contributed by atoms with E-state index in [1.54, 1.807) is 4.31 Å². The van der Waals surface area contributed by atoms with Gasteiger partial charge in [0.15, 0.2) is 0 Å². The number of hydrogen-bond donors (Lipinski definition) is 1. The van der Waals surface area contributed by atoms with Crippen LogP contribution in [0.2, 0.25) is 0 Å². The highest BCUT2D eigenvalue weighted by atomic mass is 32.2. The first-order valence-electron chi connectivity index (χ1n) is 7.39. The van der Waals surface area contributed by atoms with Crippen LogP contribution in [0.4, 0.5) is 0 Å². The number of rotatable bonds is 3. The molecule has 0 aromatic heterocycles. The zero-order valence-electron chi connectivity index (χ0n) is 11.3. The molecule has 3 rings (SSSR count). The van der Waals surface area contributed by atoms with E-state index in [1.165, 1.54) is 0 Å². The van der Waals surface area contributed by atoms with Crippen molar-refractivity contribution in [2.24, 2.45) is 17.6 Å². The molecule has 2 unspecified atom stereocenters. The maximum Gasteiger partial charge on any atom is 0.216 e. The lowest BCUT2D eigenvalue weighted by molar-refractivity contribution is 0.126. The third-order valence-electron chi connectivity index (χ3n) is 4.87. The Hall–Kier alpha value is -0.170. The molecule has 2 heterocycles. The van der Waals surface area contributed by atoms with Gasteiger partial charge in [0.05, 0.1) is 11.9 Å². The molecule has 6 heteroatoms. The van der Waals surface area contributed by atoms with Gasteiger partial charge in [0.1, 0.15) is 0 Å². The van der Waals surface area contributed by atoms with E-state index in [9.17, 15) is 8.42 Å². The quantitative estimate of drug-likeness (QED) is 0.823. The van der Waals surface area contributed by atoms with Crippen molar-refractivity contribution in [3.63, 3.8) is 0 Å².